The molecule has 4 nitrogen and oxygen atoms in total. The van der Waals surface area contributed by atoms with Gasteiger partial charge in [0.1, 0.15) is 11.5 Å². The SMILES string of the molecule is O=C(NCCc1ccco1)C1CCOc2ccccc2C1. The summed E-state index contributed by atoms with van der Waals surface area (Å²) >= 11 is 0. The van der Waals surface area contributed by atoms with E-state index in [9.17, 15) is 4.79 Å². The van der Waals surface area contributed by atoms with Gasteiger partial charge in [-0.3, -0.25) is 4.79 Å². The van der Waals surface area contributed by atoms with Gasteiger partial charge in [-0.2, -0.15) is 0 Å². The lowest BCUT2D eigenvalue weighted by Crippen LogP contribution is -2.33. The first-order valence-electron chi connectivity index (χ1n) is 7.34. The van der Waals surface area contributed by atoms with Crippen LogP contribution in [0.15, 0.2) is 47.1 Å². The number of para-hydroxylation sites is 1. The third kappa shape index (κ3) is 3.45. The predicted octanol–water partition coefficient (Wildman–Crippen LogP) is 2.58. The molecule has 0 saturated heterocycles. The van der Waals surface area contributed by atoms with E-state index in [1.54, 1.807) is 6.26 Å². The highest BCUT2D eigenvalue weighted by atomic mass is 16.5. The molecule has 110 valence electrons. The summed E-state index contributed by atoms with van der Waals surface area (Å²) in [7, 11) is 0. The van der Waals surface area contributed by atoms with Gasteiger partial charge in [0.2, 0.25) is 5.91 Å². The van der Waals surface area contributed by atoms with Gasteiger partial charge < -0.3 is 14.5 Å². The second-order valence-corrected chi connectivity index (χ2v) is 5.27. The van der Waals surface area contributed by atoms with Gasteiger partial charge in [0.15, 0.2) is 0 Å². The molecule has 2 heterocycles. The largest absolute Gasteiger partial charge is 0.493 e. The third-order valence-electron chi connectivity index (χ3n) is 3.78. The summed E-state index contributed by atoms with van der Waals surface area (Å²) < 4.78 is 11.0. The number of hydrogen-bond acceptors (Lipinski definition) is 3. The number of rotatable bonds is 4. The van der Waals surface area contributed by atoms with Crippen LogP contribution >= 0.6 is 0 Å². The number of amides is 1. The first-order chi connectivity index (χ1) is 10.3. The van der Waals surface area contributed by atoms with E-state index < -0.39 is 0 Å². The molecular weight excluding hydrogens is 266 g/mol. The number of ether oxygens (including phenoxy) is 1. The number of furan rings is 1. The molecule has 0 spiro atoms. The van der Waals surface area contributed by atoms with Crippen molar-refractivity contribution in [3.63, 3.8) is 0 Å². The quantitative estimate of drug-likeness (QED) is 0.939. The number of fused-ring (bicyclic) bond motifs is 1. The van der Waals surface area contributed by atoms with Crippen LogP contribution in [-0.2, 0) is 17.6 Å². The molecular formula is C17H19NO3. The molecule has 21 heavy (non-hydrogen) atoms. The number of carbonyl (C=O) groups is 1. The smallest absolute Gasteiger partial charge is 0.223 e. The summed E-state index contributed by atoms with van der Waals surface area (Å²) in [5.74, 6) is 1.88. The van der Waals surface area contributed by atoms with Gasteiger partial charge in [0.05, 0.1) is 12.9 Å². The van der Waals surface area contributed by atoms with Crippen LogP contribution in [0.3, 0.4) is 0 Å². The summed E-state index contributed by atoms with van der Waals surface area (Å²) in [6, 6.07) is 11.7. The van der Waals surface area contributed by atoms with Crippen molar-refractivity contribution in [2.75, 3.05) is 13.2 Å². The van der Waals surface area contributed by atoms with Crippen molar-refractivity contribution in [2.45, 2.75) is 19.3 Å². The zero-order chi connectivity index (χ0) is 14.5. The molecule has 0 radical (unpaired) electrons. The lowest BCUT2D eigenvalue weighted by atomic mass is 9.96. The summed E-state index contributed by atoms with van der Waals surface area (Å²) in [6.45, 7) is 1.19. The first-order valence-corrected chi connectivity index (χ1v) is 7.34. The minimum Gasteiger partial charge on any atom is -0.493 e. The second-order valence-electron chi connectivity index (χ2n) is 5.27. The standard InChI is InChI=1S/C17H19NO3/c19-17(18-9-7-15-5-3-10-20-15)14-8-11-21-16-6-2-1-4-13(16)12-14/h1-6,10,14H,7-9,11-12H2,(H,18,19). The molecule has 1 atom stereocenters. The van der Waals surface area contributed by atoms with E-state index in [-0.39, 0.29) is 11.8 Å². The van der Waals surface area contributed by atoms with Crippen LogP contribution in [0, 0.1) is 5.92 Å². The Hall–Kier alpha value is -2.23. The van der Waals surface area contributed by atoms with Crippen LogP contribution in [0.2, 0.25) is 0 Å². The van der Waals surface area contributed by atoms with Crippen LogP contribution in [0.25, 0.3) is 0 Å². The van der Waals surface area contributed by atoms with Gasteiger partial charge >= 0.3 is 0 Å². The van der Waals surface area contributed by atoms with E-state index in [0.29, 0.717) is 13.2 Å². The maximum absolute atomic E-state index is 12.3. The molecule has 1 unspecified atom stereocenters. The lowest BCUT2D eigenvalue weighted by Gasteiger charge is -2.13. The fourth-order valence-electron chi connectivity index (χ4n) is 2.62. The van der Waals surface area contributed by atoms with E-state index >= 15 is 0 Å². The van der Waals surface area contributed by atoms with E-state index in [0.717, 1.165) is 36.3 Å². The molecule has 3 rings (SSSR count). The van der Waals surface area contributed by atoms with E-state index in [2.05, 4.69) is 5.32 Å². The Bertz CT molecular complexity index is 592. The van der Waals surface area contributed by atoms with Crippen LogP contribution in [-0.4, -0.2) is 19.1 Å². The van der Waals surface area contributed by atoms with Gasteiger partial charge in [0.25, 0.3) is 0 Å². The van der Waals surface area contributed by atoms with Crippen LogP contribution in [0.5, 0.6) is 5.75 Å². The average molecular weight is 285 g/mol. The number of hydrogen-bond donors (Lipinski definition) is 1. The molecule has 1 aliphatic rings. The molecule has 0 saturated carbocycles. The van der Waals surface area contributed by atoms with Crippen molar-refractivity contribution in [1.82, 2.24) is 5.32 Å². The van der Waals surface area contributed by atoms with Crippen molar-refractivity contribution in [3.8, 4) is 5.75 Å². The highest BCUT2D eigenvalue weighted by molar-refractivity contribution is 5.79. The van der Waals surface area contributed by atoms with Gasteiger partial charge in [-0.25, -0.2) is 0 Å². The molecule has 1 aromatic carbocycles. The van der Waals surface area contributed by atoms with Crippen LogP contribution < -0.4 is 10.1 Å². The number of benzene rings is 1. The van der Waals surface area contributed by atoms with E-state index in [4.69, 9.17) is 9.15 Å². The Balaban J connectivity index is 1.55. The molecule has 0 bridgehead atoms. The molecule has 2 aromatic rings. The Morgan fingerprint density at radius 2 is 2.14 bits per heavy atom. The van der Waals surface area contributed by atoms with E-state index in [1.807, 2.05) is 36.4 Å². The van der Waals surface area contributed by atoms with Crippen molar-refractivity contribution in [3.05, 3.63) is 54.0 Å². The van der Waals surface area contributed by atoms with Gasteiger partial charge in [0, 0.05) is 18.9 Å². The van der Waals surface area contributed by atoms with Crippen molar-refractivity contribution in [2.24, 2.45) is 5.92 Å². The predicted molar refractivity (Wildman–Crippen MR) is 79.2 cm³/mol. The summed E-state index contributed by atoms with van der Waals surface area (Å²) in [6.07, 6.45) is 3.86. The van der Waals surface area contributed by atoms with Gasteiger partial charge in [-0.15, -0.1) is 0 Å². The topological polar surface area (TPSA) is 51.5 Å². The molecule has 1 aliphatic heterocycles. The van der Waals surface area contributed by atoms with Gasteiger partial charge in [-0.1, -0.05) is 18.2 Å². The molecule has 0 fully saturated rings. The maximum atomic E-state index is 12.3. The molecule has 1 amide bonds. The highest BCUT2D eigenvalue weighted by Crippen LogP contribution is 2.26. The highest BCUT2D eigenvalue weighted by Gasteiger charge is 2.23. The Kier molecular flexibility index (Phi) is 4.24. The zero-order valence-corrected chi connectivity index (χ0v) is 11.9. The minimum atomic E-state index is -0.0229. The van der Waals surface area contributed by atoms with Crippen molar-refractivity contribution in [1.29, 1.82) is 0 Å². The fraction of sp³-hybridized carbons (Fsp3) is 0.353. The number of carbonyl (C=O) groups excluding carboxylic acids is 1. The van der Waals surface area contributed by atoms with Crippen LogP contribution in [0.1, 0.15) is 17.7 Å². The Morgan fingerprint density at radius 3 is 3.00 bits per heavy atom. The number of nitrogens with one attached hydrogen (secondary N) is 1. The molecule has 4 heteroatoms. The lowest BCUT2D eigenvalue weighted by molar-refractivity contribution is -0.125. The molecule has 0 aliphatic carbocycles. The average Bonchev–Trinajstić information content (AvgIpc) is 2.91. The summed E-state index contributed by atoms with van der Waals surface area (Å²) in [5.41, 5.74) is 1.11. The maximum Gasteiger partial charge on any atom is 0.223 e. The van der Waals surface area contributed by atoms with Crippen molar-refractivity contribution >= 4 is 5.91 Å². The molecule has 1 aromatic heterocycles. The Morgan fingerprint density at radius 1 is 1.24 bits per heavy atom. The molecule has 1 N–H and O–H groups in total. The monoisotopic (exact) mass is 285 g/mol. The fourth-order valence-corrected chi connectivity index (χ4v) is 2.62. The van der Waals surface area contributed by atoms with Crippen LogP contribution in [0.4, 0.5) is 0 Å². The summed E-state index contributed by atoms with van der Waals surface area (Å²) in [5, 5.41) is 2.99. The Labute approximate surface area is 124 Å². The van der Waals surface area contributed by atoms with E-state index in [1.165, 1.54) is 0 Å². The minimum absolute atomic E-state index is 0.0229. The van der Waals surface area contributed by atoms with Gasteiger partial charge in [-0.05, 0) is 36.6 Å². The second kappa shape index (κ2) is 6.48. The normalized spacial score (nSPS) is 17.4. The van der Waals surface area contributed by atoms with Crippen molar-refractivity contribution < 1.29 is 13.9 Å². The summed E-state index contributed by atoms with van der Waals surface area (Å²) in [4.78, 5) is 12.3. The third-order valence-corrected chi connectivity index (χ3v) is 3.78. The zero-order valence-electron chi connectivity index (χ0n) is 11.9. The first kappa shape index (κ1) is 13.7.